The first-order chi connectivity index (χ1) is 10.1. The quantitative estimate of drug-likeness (QED) is 0.601. The molecule has 0 N–H and O–H groups in total. The Labute approximate surface area is 127 Å². The van der Waals surface area contributed by atoms with E-state index in [0.717, 1.165) is 17.2 Å². The molecule has 0 unspecified atom stereocenters. The van der Waals surface area contributed by atoms with Gasteiger partial charge < -0.3 is 4.74 Å². The molecule has 0 aromatic heterocycles. The van der Waals surface area contributed by atoms with Crippen LogP contribution < -0.4 is 4.74 Å². The molecule has 1 nitrogen and oxygen atoms in total. The van der Waals surface area contributed by atoms with E-state index in [1.54, 1.807) is 12.1 Å². The first kappa shape index (κ1) is 15.3. The Bertz CT molecular complexity index is 702. The fourth-order valence-corrected chi connectivity index (χ4v) is 1.88. The molecule has 0 saturated heterocycles. The molecule has 21 heavy (non-hydrogen) atoms. The van der Waals surface area contributed by atoms with Gasteiger partial charge in [0.15, 0.2) is 11.6 Å². The fourth-order valence-electron chi connectivity index (χ4n) is 1.82. The molecule has 0 spiro atoms. The molecule has 0 saturated carbocycles. The summed E-state index contributed by atoms with van der Waals surface area (Å²) in [6, 6.07) is 9.37. The van der Waals surface area contributed by atoms with Gasteiger partial charge in [-0.1, -0.05) is 24.0 Å². The summed E-state index contributed by atoms with van der Waals surface area (Å²) < 4.78 is 32.1. The van der Waals surface area contributed by atoms with E-state index in [-0.39, 0.29) is 18.1 Å². The van der Waals surface area contributed by atoms with Crippen LogP contribution in [-0.2, 0) is 6.61 Å². The van der Waals surface area contributed by atoms with E-state index < -0.39 is 11.6 Å². The molecular formula is C17H13ClF2O. The Morgan fingerprint density at radius 1 is 1.19 bits per heavy atom. The second-order valence-electron chi connectivity index (χ2n) is 4.41. The number of rotatable bonds is 3. The van der Waals surface area contributed by atoms with Crippen molar-refractivity contribution in [3.8, 4) is 17.6 Å². The molecule has 108 valence electrons. The standard InChI is InChI=1S/C17H13ClF2O/c1-12-10-15(8-7-13(12)5-3-9-18)21-11-14-4-2-6-16(19)17(14)20/h2,4,6-8,10H,9,11H2,1H3. The summed E-state index contributed by atoms with van der Waals surface area (Å²) in [7, 11) is 0. The average Bonchev–Trinajstić information content (AvgIpc) is 2.48. The number of halogens is 3. The van der Waals surface area contributed by atoms with E-state index in [1.807, 2.05) is 13.0 Å². The van der Waals surface area contributed by atoms with E-state index in [4.69, 9.17) is 16.3 Å². The molecule has 0 fully saturated rings. The zero-order valence-electron chi connectivity index (χ0n) is 11.4. The van der Waals surface area contributed by atoms with Crippen LogP contribution in [-0.4, -0.2) is 5.88 Å². The molecule has 0 aliphatic rings. The Morgan fingerprint density at radius 3 is 2.71 bits per heavy atom. The molecule has 0 bridgehead atoms. The highest BCUT2D eigenvalue weighted by Gasteiger charge is 2.08. The zero-order valence-corrected chi connectivity index (χ0v) is 12.2. The highest BCUT2D eigenvalue weighted by Crippen LogP contribution is 2.19. The number of hydrogen-bond donors (Lipinski definition) is 0. The first-order valence-electron chi connectivity index (χ1n) is 6.33. The third-order valence-electron chi connectivity index (χ3n) is 2.91. The van der Waals surface area contributed by atoms with Crippen molar-refractivity contribution < 1.29 is 13.5 Å². The zero-order chi connectivity index (χ0) is 15.2. The predicted octanol–water partition coefficient (Wildman–Crippen LogP) is 4.44. The summed E-state index contributed by atoms with van der Waals surface area (Å²) >= 11 is 5.52. The summed E-state index contributed by atoms with van der Waals surface area (Å²) in [6.07, 6.45) is 0. The number of ether oxygens (including phenoxy) is 1. The molecule has 2 rings (SSSR count). The van der Waals surface area contributed by atoms with E-state index in [2.05, 4.69) is 11.8 Å². The minimum Gasteiger partial charge on any atom is -0.489 e. The van der Waals surface area contributed by atoms with Gasteiger partial charge in [-0.05, 0) is 36.8 Å². The molecule has 0 radical (unpaired) electrons. The van der Waals surface area contributed by atoms with Gasteiger partial charge in [-0.2, -0.15) is 0 Å². The van der Waals surface area contributed by atoms with Crippen molar-refractivity contribution in [2.45, 2.75) is 13.5 Å². The monoisotopic (exact) mass is 306 g/mol. The van der Waals surface area contributed by atoms with Crippen molar-refractivity contribution >= 4 is 11.6 Å². The van der Waals surface area contributed by atoms with Gasteiger partial charge in [-0.15, -0.1) is 11.6 Å². The third kappa shape index (κ3) is 3.96. The fraction of sp³-hybridized carbons (Fsp3) is 0.176. The van der Waals surface area contributed by atoms with Gasteiger partial charge in [-0.25, -0.2) is 8.78 Å². The van der Waals surface area contributed by atoms with Gasteiger partial charge >= 0.3 is 0 Å². The van der Waals surface area contributed by atoms with Crippen LogP contribution in [0, 0.1) is 30.4 Å². The smallest absolute Gasteiger partial charge is 0.165 e. The number of benzene rings is 2. The SMILES string of the molecule is Cc1cc(OCc2cccc(F)c2F)ccc1C#CCCl. The average molecular weight is 307 g/mol. The summed E-state index contributed by atoms with van der Waals surface area (Å²) in [5, 5.41) is 0. The van der Waals surface area contributed by atoms with Crippen LogP contribution in [0.1, 0.15) is 16.7 Å². The molecule has 0 amide bonds. The number of alkyl halides is 1. The Hall–Kier alpha value is -2.05. The van der Waals surface area contributed by atoms with E-state index >= 15 is 0 Å². The lowest BCUT2D eigenvalue weighted by Gasteiger charge is -2.09. The summed E-state index contributed by atoms with van der Waals surface area (Å²) in [5.41, 5.74) is 1.98. The van der Waals surface area contributed by atoms with Crippen molar-refractivity contribution in [1.29, 1.82) is 0 Å². The third-order valence-corrected chi connectivity index (χ3v) is 3.05. The van der Waals surface area contributed by atoms with Crippen LogP contribution in [0.25, 0.3) is 0 Å². The van der Waals surface area contributed by atoms with Crippen molar-refractivity contribution in [1.82, 2.24) is 0 Å². The van der Waals surface area contributed by atoms with E-state index in [9.17, 15) is 8.78 Å². The Balaban J connectivity index is 2.10. The molecule has 0 aliphatic heterocycles. The molecule has 0 aliphatic carbocycles. The van der Waals surface area contributed by atoms with Crippen molar-refractivity contribution in [2.24, 2.45) is 0 Å². The Morgan fingerprint density at radius 2 is 2.00 bits per heavy atom. The number of hydrogen-bond acceptors (Lipinski definition) is 1. The van der Waals surface area contributed by atoms with Gasteiger partial charge in [0.05, 0.1) is 5.88 Å². The van der Waals surface area contributed by atoms with Crippen LogP contribution in [0.5, 0.6) is 5.75 Å². The second-order valence-corrected chi connectivity index (χ2v) is 4.68. The van der Waals surface area contributed by atoms with Crippen LogP contribution in [0.4, 0.5) is 8.78 Å². The van der Waals surface area contributed by atoms with Crippen LogP contribution >= 0.6 is 11.6 Å². The molecule has 0 atom stereocenters. The van der Waals surface area contributed by atoms with Gasteiger partial charge in [0, 0.05) is 11.1 Å². The maximum atomic E-state index is 13.5. The van der Waals surface area contributed by atoms with Gasteiger partial charge in [0.1, 0.15) is 12.4 Å². The Kier molecular flexibility index (Phi) is 5.19. The number of aryl methyl sites for hydroxylation is 1. The highest BCUT2D eigenvalue weighted by atomic mass is 35.5. The van der Waals surface area contributed by atoms with Crippen molar-refractivity contribution in [3.05, 3.63) is 64.7 Å². The first-order valence-corrected chi connectivity index (χ1v) is 6.86. The van der Waals surface area contributed by atoms with E-state index in [0.29, 0.717) is 5.75 Å². The van der Waals surface area contributed by atoms with Gasteiger partial charge in [0.25, 0.3) is 0 Å². The summed E-state index contributed by atoms with van der Waals surface area (Å²) in [4.78, 5) is 0. The normalized spacial score (nSPS) is 9.90. The van der Waals surface area contributed by atoms with Gasteiger partial charge in [0.2, 0.25) is 0 Å². The summed E-state index contributed by atoms with van der Waals surface area (Å²) in [6.45, 7) is 1.86. The highest BCUT2D eigenvalue weighted by molar-refractivity contribution is 6.19. The topological polar surface area (TPSA) is 9.23 Å². The second kappa shape index (κ2) is 7.10. The van der Waals surface area contributed by atoms with E-state index in [1.165, 1.54) is 12.1 Å². The summed E-state index contributed by atoms with van der Waals surface area (Å²) in [5.74, 6) is 4.81. The maximum absolute atomic E-state index is 13.5. The molecule has 0 heterocycles. The van der Waals surface area contributed by atoms with Gasteiger partial charge in [-0.3, -0.25) is 0 Å². The molecular weight excluding hydrogens is 294 g/mol. The lowest BCUT2D eigenvalue weighted by Crippen LogP contribution is -2.00. The largest absolute Gasteiger partial charge is 0.489 e. The minimum absolute atomic E-state index is 0.0320. The lowest BCUT2D eigenvalue weighted by molar-refractivity contribution is 0.297. The molecule has 2 aromatic rings. The van der Waals surface area contributed by atoms with Crippen LogP contribution in [0.3, 0.4) is 0 Å². The predicted molar refractivity (Wildman–Crippen MR) is 79.5 cm³/mol. The van der Waals surface area contributed by atoms with Crippen molar-refractivity contribution in [2.75, 3.05) is 5.88 Å². The van der Waals surface area contributed by atoms with Crippen LogP contribution in [0.15, 0.2) is 36.4 Å². The maximum Gasteiger partial charge on any atom is 0.165 e. The lowest BCUT2D eigenvalue weighted by atomic mass is 10.1. The minimum atomic E-state index is -0.876. The van der Waals surface area contributed by atoms with Crippen molar-refractivity contribution in [3.63, 3.8) is 0 Å². The molecule has 4 heteroatoms. The van der Waals surface area contributed by atoms with Crippen LogP contribution in [0.2, 0.25) is 0 Å². The molecule has 2 aromatic carbocycles.